The van der Waals surface area contributed by atoms with Crippen LogP contribution >= 0.6 is 0 Å². The van der Waals surface area contributed by atoms with Gasteiger partial charge in [-0.15, -0.1) is 0 Å². The van der Waals surface area contributed by atoms with Crippen LogP contribution in [0.4, 0.5) is 0 Å². The van der Waals surface area contributed by atoms with Gasteiger partial charge in [0, 0.05) is 31.2 Å². The van der Waals surface area contributed by atoms with E-state index in [0.717, 1.165) is 24.2 Å². The zero-order valence-electron chi connectivity index (χ0n) is 14.2. The topological polar surface area (TPSA) is 72.9 Å². The number of hydrogen-bond acceptors (Lipinski definition) is 3. The largest absolute Gasteiger partial charge is 0.352 e. The van der Waals surface area contributed by atoms with Crippen LogP contribution in [0.2, 0.25) is 0 Å². The van der Waals surface area contributed by atoms with Crippen molar-refractivity contribution in [2.24, 2.45) is 24.6 Å². The first-order valence-corrected chi connectivity index (χ1v) is 7.75. The van der Waals surface area contributed by atoms with Crippen LogP contribution in [-0.4, -0.2) is 28.3 Å². The molecule has 120 valence electrons. The second-order valence-corrected chi connectivity index (χ2v) is 6.45. The Bertz CT molecular complexity index is 479. The average molecular weight is 294 g/mol. The summed E-state index contributed by atoms with van der Waals surface area (Å²) in [7, 11) is 1.93. The van der Waals surface area contributed by atoms with E-state index in [9.17, 15) is 4.79 Å². The standard InChI is InChI=1S/C16H30N4O/c1-10(2)7-14(9-17)18-16(21)11(3)8-15-12(4)19-20(6)13(15)5/h10-11,14H,7-9,17H2,1-6H3,(H,18,21). The second kappa shape index (κ2) is 7.59. The lowest BCUT2D eigenvalue weighted by Gasteiger charge is -2.21. The van der Waals surface area contributed by atoms with Crippen LogP contribution in [0.1, 0.15) is 44.1 Å². The van der Waals surface area contributed by atoms with E-state index in [1.807, 2.05) is 32.5 Å². The van der Waals surface area contributed by atoms with Crippen molar-refractivity contribution in [3.8, 4) is 0 Å². The third-order valence-corrected chi connectivity index (χ3v) is 4.00. The zero-order chi connectivity index (χ0) is 16.2. The van der Waals surface area contributed by atoms with Gasteiger partial charge in [-0.3, -0.25) is 9.48 Å². The average Bonchev–Trinajstić information content (AvgIpc) is 2.63. The van der Waals surface area contributed by atoms with Crippen molar-refractivity contribution in [2.75, 3.05) is 6.54 Å². The van der Waals surface area contributed by atoms with Crippen LogP contribution in [0.25, 0.3) is 0 Å². The van der Waals surface area contributed by atoms with Crippen molar-refractivity contribution in [3.63, 3.8) is 0 Å². The molecule has 5 heteroatoms. The predicted molar refractivity (Wildman–Crippen MR) is 86.0 cm³/mol. The second-order valence-electron chi connectivity index (χ2n) is 6.45. The molecule has 2 unspecified atom stereocenters. The lowest BCUT2D eigenvalue weighted by Crippen LogP contribution is -2.43. The molecule has 1 amide bonds. The molecule has 0 saturated heterocycles. The Hall–Kier alpha value is -1.36. The molecule has 0 aliphatic carbocycles. The first-order valence-electron chi connectivity index (χ1n) is 7.75. The van der Waals surface area contributed by atoms with Gasteiger partial charge in [-0.25, -0.2) is 0 Å². The van der Waals surface area contributed by atoms with Crippen molar-refractivity contribution < 1.29 is 4.79 Å². The molecule has 1 heterocycles. The summed E-state index contributed by atoms with van der Waals surface area (Å²) in [6, 6.07) is 0.0658. The van der Waals surface area contributed by atoms with E-state index >= 15 is 0 Å². The molecule has 21 heavy (non-hydrogen) atoms. The van der Waals surface area contributed by atoms with Gasteiger partial charge in [0.1, 0.15) is 0 Å². The predicted octanol–water partition coefficient (Wildman–Crippen LogP) is 1.71. The van der Waals surface area contributed by atoms with Crippen LogP contribution in [0.3, 0.4) is 0 Å². The fraction of sp³-hybridized carbons (Fsp3) is 0.750. The number of nitrogens with two attached hydrogens (primary N) is 1. The summed E-state index contributed by atoms with van der Waals surface area (Å²) in [4.78, 5) is 12.3. The smallest absolute Gasteiger partial charge is 0.223 e. The summed E-state index contributed by atoms with van der Waals surface area (Å²) >= 11 is 0. The zero-order valence-corrected chi connectivity index (χ0v) is 14.2. The molecular formula is C16H30N4O. The summed E-state index contributed by atoms with van der Waals surface area (Å²) in [5, 5.41) is 7.48. The summed E-state index contributed by atoms with van der Waals surface area (Å²) in [6.45, 7) is 10.8. The Morgan fingerprint density at radius 3 is 2.38 bits per heavy atom. The van der Waals surface area contributed by atoms with E-state index in [0.29, 0.717) is 12.5 Å². The minimum atomic E-state index is -0.0761. The Morgan fingerprint density at radius 2 is 1.95 bits per heavy atom. The lowest BCUT2D eigenvalue weighted by atomic mass is 9.97. The molecule has 0 aliphatic heterocycles. The number of aromatic nitrogens is 2. The molecule has 0 saturated carbocycles. The number of aryl methyl sites for hydroxylation is 2. The summed E-state index contributed by atoms with van der Waals surface area (Å²) in [6.07, 6.45) is 1.64. The minimum Gasteiger partial charge on any atom is -0.352 e. The van der Waals surface area contributed by atoms with Crippen LogP contribution in [0.5, 0.6) is 0 Å². The molecule has 0 radical (unpaired) electrons. The maximum absolute atomic E-state index is 12.3. The highest BCUT2D eigenvalue weighted by Crippen LogP contribution is 2.17. The highest BCUT2D eigenvalue weighted by atomic mass is 16.1. The first kappa shape index (κ1) is 17.7. The maximum Gasteiger partial charge on any atom is 0.223 e. The molecule has 0 aliphatic rings. The van der Waals surface area contributed by atoms with Gasteiger partial charge in [-0.1, -0.05) is 20.8 Å². The normalized spacial score (nSPS) is 14.3. The summed E-state index contributed by atoms with van der Waals surface area (Å²) < 4.78 is 1.87. The van der Waals surface area contributed by atoms with Gasteiger partial charge in [0.05, 0.1) is 5.69 Å². The Balaban J connectivity index is 2.66. The van der Waals surface area contributed by atoms with Crippen LogP contribution in [-0.2, 0) is 18.3 Å². The van der Waals surface area contributed by atoms with Crippen LogP contribution in [0, 0.1) is 25.7 Å². The van der Waals surface area contributed by atoms with E-state index < -0.39 is 0 Å². The minimum absolute atomic E-state index is 0.0658. The molecule has 0 aromatic carbocycles. The molecule has 0 bridgehead atoms. The lowest BCUT2D eigenvalue weighted by molar-refractivity contribution is -0.125. The number of hydrogen-bond donors (Lipinski definition) is 2. The SMILES string of the molecule is Cc1nn(C)c(C)c1CC(C)C(=O)NC(CN)CC(C)C. The van der Waals surface area contributed by atoms with Gasteiger partial charge in [0.15, 0.2) is 0 Å². The molecule has 1 rings (SSSR count). The highest BCUT2D eigenvalue weighted by Gasteiger charge is 2.20. The van der Waals surface area contributed by atoms with E-state index in [1.165, 1.54) is 5.56 Å². The van der Waals surface area contributed by atoms with Crippen molar-refractivity contribution in [3.05, 3.63) is 17.0 Å². The van der Waals surface area contributed by atoms with Gasteiger partial charge >= 0.3 is 0 Å². The number of rotatable bonds is 7. The first-order chi connectivity index (χ1) is 9.76. The van der Waals surface area contributed by atoms with Crippen LogP contribution in [0.15, 0.2) is 0 Å². The Morgan fingerprint density at radius 1 is 1.33 bits per heavy atom. The molecule has 2 atom stereocenters. The molecule has 1 aromatic rings. The number of amides is 1. The van der Waals surface area contributed by atoms with E-state index in [-0.39, 0.29) is 17.9 Å². The van der Waals surface area contributed by atoms with Crippen molar-refractivity contribution in [1.82, 2.24) is 15.1 Å². The van der Waals surface area contributed by atoms with Crippen LogP contribution < -0.4 is 11.1 Å². The highest BCUT2D eigenvalue weighted by molar-refractivity contribution is 5.79. The number of nitrogens with zero attached hydrogens (tertiary/aromatic N) is 2. The third kappa shape index (κ3) is 4.84. The quantitative estimate of drug-likeness (QED) is 0.804. The van der Waals surface area contributed by atoms with E-state index in [1.54, 1.807) is 0 Å². The fourth-order valence-corrected chi connectivity index (χ4v) is 2.64. The van der Waals surface area contributed by atoms with Gasteiger partial charge < -0.3 is 11.1 Å². The molecule has 0 fully saturated rings. The third-order valence-electron chi connectivity index (χ3n) is 4.00. The number of carbonyl (C=O) groups excluding carboxylic acids is 1. The van der Waals surface area contributed by atoms with E-state index in [2.05, 4.69) is 24.3 Å². The molecule has 1 aromatic heterocycles. The molecule has 0 spiro atoms. The molecule has 3 N–H and O–H groups in total. The molecular weight excluding hydrogens is 264 g/mol. The van der Waals surface area contributed by atoms with Gasteiger partial charge in [0.2, 0.25) is 5.91 Å². The van der Waals surface area contributed by atoms with Crippen molar-refractivity contribution in [2.45, 2.75) is 53.5 Å². The van der Waals surface area contributed by atoms with E-state index in [4.69, 9.17) is 5.73 Å². The molecule has 5 nitrogen and oxygen atoms in total. The van der Waals surface area contributed by atoms with Gasteiger partial charge in [-0.2, -0.15) is 5.10 Å². The van der Waals surface area contributed by atoms with Crippen molar-refractivity contribution >= 4 is 5.91 Å². The van der Waals surface area contributed by atoms with Gasteiger partial charge in [-0.05, 0) is 38.2 Å². The van der Waals surface area contributed by atoms with Gasteiger partial charge in [0.25, 0.3) is 0 Å². The summed E-state index contributed by atoms with van der Waals surface area (Å²) in [5.74, 6) is 0.526. The fourth-order valence-electron chi connectivity index (χ4n) is 2.64. The Labute approximate surface area is 128 Å². The summed E-state index contributed by atoms with van der Waals surface area (Å²) in [5.41, 5.74) is 9.06. The number of nitrogens with one attached hydrogen (secondary N) is 1. The number of carbonyl (C=O) groups is 1. The van der Waals surface area contributed by atoms with Crippen molar-refractivity contribution in [1.29, 1.82) is 0 Å². The monoisotopic (exact) mass is 294 g/mol. The Kier molecular flexibility index (Phi) is 6.40. The maximum atomic E-state index is 12.3.